The van der Waals surface area contributed by atoms with Gasteiger partial charge in [0.15, 0.2) is 0 Å². The number of hydrogen-bond acceptors (Lipinski definition) is 6. The van der Waals surface area contributed by atoms with E-state index >= 15 is 0 Å². The molecule has 0 aliphatic carbocycles. The fourth-order valence-electron chi connectivity index (χ4n) is 2.65. The third kappa shape index (κ3) is 3.74. The molecule has 25 heavy (non-hydrogen) atoms. The Hall–Kier alpha value is -2.60. The molecule has 0 N–H and O–H groups in total. The lowest BCUT2D eigenvalue weighted by molar-refractivity contribution is 0.237. The predicted molar refractivity (Wildman–Crippen MR) is 94.2 cm³/mol. The van der Waals surface area contributed by atoms with E-state index in [4.69, 9.17) is 18.7 Å². The van der Waals surface area contributed by atoms with Crippen molar-refractivity contribution in [2.45, 2.75) is 33.4 Å². The molecule has 0 fully saturated rings. The van der Waals surface area contributed by atoms with Gasteiger partial charge in [-0.05, 0) is 40.0 Å². The van der Waals surface area contributed by atoms with Crippen LogP contribution in [-0.4, -0.2) is 28.7 Å². The minimum absolute atomic E-state index is 0.119. The van der Waals surface area contributed by atoms with Gasteiger partial charge in [0, 0.05) is 12.6 Å². The van der Waals surface area contributed by atoms with E-state index in [0.29, 0.717) is 19.0 Å². The molecule has 6 heteroatoms. The average Bonchev–Trinajstić information content (AvgIpc) is 3.26. The van der Waals surface area contributed by atoms with Crippen molar-refractivity contribution in [1.82, 2.24) is 15.0 Å². The van der Waals surface area contributed by atoms with Crippen LogP contribution in [0.4, 0.5) is 0 Å². The van der Waals surface area contributed by atoms with E-state index in [-0.39, 0.29) is 6.04 Å². The highest BCUT2D eigenvalue weighted by Crippen LogP contribution is 2.31. The topological polar surface area (TPSA) is 64.5 Å². The fraction of sp³-hybridized carbons (Fsp3) is 0.368. The zero-order valence-corrected chi connectivity index (χ0v) is 15.0. The molecule has 3 aromatic rings. The van der Waals surface area contributed by atoms with Crippen LogP contribution in [0.15, 0.2) is 45.5 Å². The molecule has 0 aliphatic rings. The minimum atomic E-state index is 0.119. The SMILES string of the molecule is CCOc1ccccc1-c1nc(CN(C)C(C)c2ccon2)c(C)o1. The van der Waals surface area contributed by atoms with Crippen LogP contribution >= 0.6 is 0 Å². The molecule has 132 valence electrons. The third-order valence-electron chi connectivity index (χ3n) is 4.26. The Balaban J connectivity index is 1.81. The number of benzene rings is 1. The number of oxazole rings is 1. The lowest BCUT2D eigenvalue weighted by Crippen LogP contribution is -2.22. The van der Waals surface area contributed by atoms with Gasteiger partial charge < -0.3 is 13.7 Å². The first kappa shape index (κ1) is 17.2. The van der Waals surface area contributed by atoms with Crippen LogP contribution in [0.3, 0.4) is 0 Å². The summed E-state index contributed by atoms with van der Waals surface area (Å²) in [5.41, 5.74) is 2.66. The van der Waals surface area contributed by atoms with E-state index in [0.717, 1.165) is 28.5 Å². The number of rotatable bonds is 7. The molecule has 1 aromatic carbocycles. The average molecular weight is 341 g/mol. The fourth-order valence-corrected chi connectivity index (χ4v) is 2.65. The first-order valence-corrected chi connectivity index (χ1v) is 8.39. The van der Waals surface area contributed by atoms with Crippen molar-refractivity contribution >= 4 is 0 Å². The standard InChI is InChI=1S/C19H23N3O3/c1-5-23-18-9-7-6-8-15(18)19-20-17(14(3)25-19)12-22(4)13(2)16-10-11-24-21-16/h6-11,13H,5,12H2,1-4H3. The molecule has 0 aliphatic heterocycles. The second-order valence-corrected chi connectivity index (χ2v) is 5.97. The quantitative estimate of drug-likeness (QED) is 0.641. The molecular formula is C19H23N3O3. The first-order valence-electron chi connectivity index (χ1n) is 8.39. The van der Waals surface area contributed by atoms with Crippen molar-refractivity contribution in [1.29, 1.82) is 0 Å². The monoisotopic (exact) mass is 341 g/mol. The maximum atomic E-state index is 5.91. The summed E-state index contributed by atoms with van der Waals surface area (Å²) >= 11 is 0. The Morgan fingerprint density at radius 1 is 1.24 bits per heavy atom. The molecule has 1 atom stereocenters. The van der Waals surface area contributed by atoms with Gasteiger partial charge in [0.2, 0.25) is 5.89 Å². The Labute approximate surface area is 147 Å². The van der Waals surface area contributed by atoms with Gasteiger partial charge in [-0.15, -0.1) is 0 Å². The zero-order chi connectivity index (χ0) is 17.8. The van der Waals surface area contributed by atoms with Gasteiger partial charge in [-0.3, -0.25) is 4.90 Å². The van der Waals surface area contributed by atoms with Crippen LogP contribution in [0, 0.1) is 6.92 Å². The maximum Gasteiger partial charge on any atom is 0.230 e. The summed E-state index contributed by atoms with van der Waals surface area (Å²) in [4.78, 5) is 6.85. The Bertz CT molecular complexity index is 811. The highest BCUT2D eigenvalue weighted by Gasteiger charge is 2.20. The predicted octanol–water partition coefficient (Wildman–Crippen LogP) is 4.23. The highest BCUT2D eigenvalue weighted by atomic mass is 16.5. The van der Waals surface area contributed by atoms with E-state index in [1.807, 2.05) is 51.2 Å². The van der Waals surface area contributed by atoms with Gasteiger partial charge >= 0.3 is 0 Å². The van der Waals surface area contributed by atoms with Gasteiger partial charge in [-0.2, -0.15) is 0 Å². The molecule has 2 aromatic heterocycles. The van der Waals surface area contributed by atoms with E-state index in [1.54, 1.807) is 6.26 Å². The van der Waals surface area contributed by atoms with Gasteiger partial charge in [-0.1, -0.05) is 17.3 Å². The van der Waals surface area contributed by atoms with E-state index in [1.165, 1.54) is 0 Å². The van der Waals surface area contributed by atoms with Crippen LogP contribution in [0.5, 0.6) is 5.75 Å². The summed E-state index contributed by atoms with van der Waals surface area (Å²) in [6, 6.07) is 9.78. The van der Waals surface area contributed by atoms with Crippen molar-refractivity contribution in [2.75, 3.05) is 13.7 Å². The highest BCUT2D eigenvalue weighted by molar-refractivity contribution is 5.63. The number of hydrogen-bond donors (Lipinski definition) is 0. The molecule has 0 amide bonds. The number of para-hydroxylation sites is 1. The van der Waals surface area contributed by atoms with Gasteiger partial charge in [0.05, 0.1) is 23.9 Å². The van der Waals surface area contributed by atoms with Crippen LogP contribution in [0.2, 0.25) is 0 Å². The molecule has 0 saturated heterocycles. The van der Waals surface area contributed by atoms with Crippen LogP contribution in [0.1, 0.15) is 37.0 Å². The number of ether oxygens (including phenoxy) is 1. The van der Waals surface area contributed by atoms with E-state index in [2.05, 4.69) is 17.0 Å². The Kier molecular flexibility index (Phi) is 5.19. The molecule has 2 heterocycles. The van der Waals surface area contributed by atoms with Gasteiger partial charge in [0.25, 0.3) is 0 Å². The summed E-state index contributed by atoms with van der Waals surface area (Å²) in [5.74, 6) is 2.17. The summed E-state index contributed by atoms with van der Waals surface area (Å²) in [6.45, 7) is 7.23. The van der Waals surface area contributed by atoms with Crippen molar-refractivity contribution in [3.8, 4) is 17.2 Å². The summed E-state index contributed by atoms with van der Waals surface area (Å²) in [7, 11) is 2.03. The van der Waals surface area contributed by atoms with Crippen LogP contribution in [0.25, 0.3) is 11.5 Å². The molecule has 1 unspecified atom stereocenters. The Morgan fingerprint density at radius 3 is 2.76 bits per heavy atom. The second-order valence-electron chi connectivity index (χ2n) is 5.97. The molecule has 0 saturated carbocycles. The first-order chi connectivity index (χ1) is 12.1. The zero-order valence-electron chi connectivity index (χ0n) is 15.0. The van der Waals surface area contributed by atoms with Gasteiger partial charge in [0.1, 0.15) is 23.5 Å². The molecule has 0 radical (unpaired) electrons. The molecule has 3 rings (SSSR count). The van der Waals surface area contributed by atoms with Crippen LogP contribution in [-0.2, 0) is 6.54 Å². The largest absolute Gasteiger partial charge is 0.493 e. The van der Waals surface area contributed by atoms with Crippen LogP contribution < -0.4 is 4.74 Å². The number of nitrogens with zero attached hydrogens (tertiary/aromatic N) is 3. The molecular weight excluding hydrogens is 318 g/mol. The normalized spacial score (nSPS) is 12.5. The van der Waals surface area contributed by atoms with Crippen molar-refractivity contribution in [3.05, 3.63) is 53.7 Å². The Morgan fingerprint density at radius 2 is 2.04 bits per heavy atom. The summed E-state index contributed by atoms with van der Waals surface area (Å²) in [6.07, 6.45) is 1.59. The number of aryl methyl sites for hydroxylation is 1. The smallest absolute Gasteiger partial charge is 0.230 e. The van der Waals surface area contributed by atoms with Crippen molar-refractivity contribution in [3.63, 3.8) is 0 Å². The lowest BCUT2D eigenvalue weighted by atomic mass is 10.2. The van der Waals surface area contributed by atoms with Crippen molar-refractivity contribution in [2.24, 2.45) is 0 Å². The summed E-state index contributed by atoms with van der Waals surface area (Å²) < 4.78 is 16.5. The van der Waals surface area contributed by atoms with Gasteiger partial charge in [-0.25, -0.2) is 4.98 Å². The molecule has 6 nitrogen and oxygen atoms in total. The van der Waals surface area contributed by atoms with E-state index < -0.39 is 0 Å². The van der Waals surface area contributed by atoms with Crippen molar-refractivity contribution < 1.29 is 13.7 Å². The molecule has 0 bridgehead atoms. The van der Waals surface area contributed by atoms with E-state index in [9.17, 15) is 0 Å². The maximum absolute atomic E-state index is 5.91. The lowest BCUT2D eigenvalue weighted by Gasteiger charge is -2.21. The second kappa shape index (κ2) is 7.53. The number of aromatic nitrogens is 2. The third-order valence-corrected chi connectivity index (χ3v) is 4.26. The minimum Gasteiger partial charge on any atom is -0.493 e. The molecule has 0 spiro atoms. The summed E-state index contributed by atoms with van der Waals surface area (Å²) in [5, 5.41) is 4.01.